The Bertz CT molecular complexity index is 1100. The van der Waals surface area contributed by atoms with Gasteiger partial charge in [-0.1, -0.05) is 24.3 Å². The van der Waals surface area contributed by atoms with E-state index >= 15 is 0 Å². The van der Waals surface area contributed by atoms with Crippen LogP contribution in [0.1, 0.15) is 39.0 Å². The van der Waals surface area contributed by atoms with E-state index in [0.29, 0.717) is 18.7 Å². The zero-order chi connectivity index (χ0) is 23.5. The fourth-order valence-corrected chi connectivity index (χ4v) is 3.17. The molecule has 32 heavy (non-hydrogen) atoms. The number of carbonyl (C=O) groups excluding carboxylic acids is 2. The van der Waals surface area contributed by atoms with E-state index in [1.165, 1.54) is 29.2 Å². The van der Waals surface area contributed by atoms with Crippen LogP contribution in [0.5, 0.6) is 0 Å². The lowest BCUT2D eigenvalue weighted by molar-refractivity contribution is -0.137. The molecule has 1 heterocycles. The van der Waals surface area contributed by atoms with Crippen molar-refractivity contribution in [2.75, 3.05) is 20.6 Å². The number of alkyl halides is 3. The second-order valence-electron chi connectivity index (χ2n) is 7.46. The normalized spacial score (nSPS) is 11.3. The summed E-state index contributed by atoms with van der Waals surface area (Å²) in [5, 5.41) is 0. The molecule has 0 radical (unpaired) electrons. The monoisotopic (exact) mass is 444 g/mol. The molecule has 8 heteroatoms. The van der Waals surface area contributed by atoms with Gasteiger partial charge in [-0.25, -0.2) is 0 Å². The molecular formula is C24H23F3N2O3. The van der Waals surface area contributed by atoms with Gasteiger partial charge in [-0.15, -0.1) is 0 Å². The summed E-state index contributed by atoms with van der Waals surface area (Å²) in [4.78, 5) is 28.0. The highest BCUT2D eigenvalue weighted by molar-refractivity contribution is 5.94. The Kier molecular flexibility index (Phi) is 6.72. The zero-order valence-electron chi connectivity index (χ0n) is 17.9. The zero-order valence-corrected chi connectivity index (χ0v) is 17.9. The third-order valence-corrected chi connectivity index (χ3v) is 4.94. The van der Waals surface area contributed by atoms with E-state index in [-0.39, 0.29) is 28.9 Å². The van der Waals surface area contributed by atoms with Gasteiger partial charge in [0, 0.05) is 38.3 Å². The van der Waals surface area contributed by atoms with E-state index in [1.807, 2.05) is 6.92 Å². The molecule has 3 rings (SSSR count). The van der Waals surface area contributed by atoms with Crippen molar-refractivity contribution in [2.24, 2.45) is 0 Å². The van der Waals surface area contributed by atoms with E-state index in [2.05, 4.69) is 0 Å². The van der Waals surface area contributed by atoms with Gasteiger partial charge in [-0.2, -0.15) is 13.2 Å². The summed E-state index contributed by atoms with van der Waals surface area (Å²) >= 11 is 0. The van der Waals surface area contributed by atoms with Crippen molar-refractivity contribution >= 4 is 11.8 Å². The molecular weight excluding hydrogens is 421 g/mol. The highest BCUT2D eigenvalue weighted by Gasteiger charge is 2.30. The second kappa shape index (κ2) is 9.30. The molecule has 168 valence electrons. The molecule has 2 aromatic carbocycles. The fraction of sp³-hybridized carbons (Fsp3) is 0.250. The first-order valence-electron chi connectivity index (χ1n) is 9.97. The van der Waals surface area contributed by atoms with Gasteiger partial charge in [0.25, 0.3) is 11.8 Å². The second-order valence-corrected chi connectivity index (χ2v) is 7.46. The summed E-state index contributed by atoms with van der Waals surface area (Å²) in [7, 11) is 3.34. The highest BCUT2D eigenvalue weighted by atomic mass is 19.4. The van der Waals surface area contributed by atoms with E-state index < -0.39 is 11.7 Å². The lowest BCUT2D eigenvalue weighted by Gasteiger charge is -2.20. The Labute approximate surface area is 184 Å². The molecule has 0 aliphatic heterocycles. The van der Waals surface area contributed by atoms with Gasteiger partial charge < -0.3 is 14.2 Å². The Morgan fingerprint density at radius 2 is 1.62 bits per heavy atom. The number of benzene rings is 2. The Morgan fingerprint density at radius 1 is 0.938 bits per heavy atom. The maximum absolute atomic E-state index is 13.0. The van der Waals surface area contributed by atoms with Crippen LogP contribution >= 0.6 is 0 Å². The highest BCUT2D eigenvalue weighted by Crippen LogP contribution is 2.32. The maximum atomic E-state index is 13.0. The van der Waals surface area contributed by atoms with Crippen molar-refractivity contribution in [3.05, 3.63) is 83.1 Å². The lowest BCUT2D eigenvalue weighted by Crippen LogP contribution is -2.30. The van der Waals surface area contributed by atoms with E-state index in [4.69, 9.17) is 4.42 Å². The van der Waals surface area contributed by atoms with Crippen molar-refractivity contribution in [3.63, 3.8) is 0 Å². The average Bonchev–Trinajstić information content (AvgIpc) is 3.27. The molecule has 2 amide bonds. The Hall–Kier alpha value is -3.55. The summed E-state index contributed by atoms with van der Waals surface area (Å²) in [5.41, 5.74) is 0.832. The van der Waals surface area contributed by atoms with Crippen LogP contribution in [-0.2, 0) is 12.7 Å². The third-order valence-electron chi connectivity index (χ3n) is 4.94. The molecule has 0 spiro atoms. The number of hydrogen-bond donors (Lipinski definition) is 0. The molecule has 0 N–H and O–H groups in total. The molecule has 0 atom stereocenters. The lowest BCUT2D eigenvalue weighted by atomic mass is 10.1. The smallest absolute Gasteiger partial charge is 0.416 e. The summed E-state index contributed by atoms with van der Waals surface area (Å²) < 4.78 is 44.5. The van der Waals surface area contributed by atoms with Gasteiger partial charge in [0.05, 0.1) is 5.56 Å². The molecule has 3 aromatic rings. The van der Waals surface area contributed by atoms with Crippen molar-refractivity contribution < 1.29 is 27.2 Å². The Balaban J connectivity index is 1.75. The SMILES string of the molecule is CCN(Cc1ccc(C(=O)N(C)C)cc1)C(=O)c1ccc(-c2cccc(C(F)(F)F)c2)o1. The van der Waals surface area contributed by atoms with Crippen molar-refractivity contribution in [3.8, 4) is 11.3 Å². The quantitative estimate of drug-likeness (QED) is 0.517. The first kappa shape index (κ1) is 23.1. The summed E-state index contributed by atoms with van der Waals surface area (Å²) in [5.74, 6) is -0.266. The fourth-order valence-electron chi connectivity index (χ4n) is 3.17. The van der Waals surface area contributed by atoms with Crippen LogP contribution in [0, 0.1) is 0 Å². The molecule has 0 aliphatic carbocycles. The predicted octanol–water partition coefficient (Wildman–Crippen LogP) is 5.33. The van der Waals surface area contributed by atoms with Gasteiger partial charge in [0.1, 0.15) is 5.76 Å². The first-order valence-corrected chi connectivity index (χ1v) is 9.97. The molecule has 0 saturated carbocycles. The molecule has 0 bridgehead atoms. The minimum Gasteiger partial charge on any atom is -0.451 e. The van der Waals surface area contributed by atoms with Gasteiger partial charge in [0.2, 0.25) is 0 Å². The summed E-state index contributed by atoms with van der Waals surface area (Å²) in [6.45, 7) is 2.51. The number of rotatable bonds is 6. The van der Waals surface area contributed by atoms with Gasteiger partial charge >= 0.3 is 6.18 Å². The summed E-state index contributed by atoms with van der Waals surface area (Å²) in [6, 6.07) is 14.7. The van der Waals surface area contributed by atoms with E-state index in [9.17, 15) is 22.8 Å². The summed E-state index contributed by atoms with van der Waals surface area (Å²) in [6.07, 6.45) is -4.47. The molecule has 5 nitrogen and oxygen atoms in total. The number of furan rings is 1. The topological polar surface area (TPSA) is 53.8 Å². The van der Waals surface area contributed by atoms with Crippen LogP contribution in [0.25, 0.3) is 11.3 Å². The maximum Gasteiger partial charge on any atom is 0.416 e. The van der Waals surface area contributed by atoms with E-state index in [0.717, 1.165) is 17.7 Å². The standard InChI is InChI=1S/C24H23F3N2O3/c1-4-29(15-16-8-10-17(11-9-16)22(30)28(2)3)23(31)21-13-12-20(32-21)18-6-5-7-19(14-18)24(25,26)27/h5-14H,4,15H2,1-3H3. The molecule has 0 fully saturated rings. The minimum atomic E-state index is -4.47. The van der Waals surface area contributed by atoms with Gasteiger partial charge in [-0.3, -0.25) is 9.59 Å². The Morgan fingerprint density at radius 3 is 2.22 bits per heavy atom. The van der Waals surface area contributed by atoms with Crippen molar-refractivity contribution in [1.29, 1.82) is 0 Å². The van der Waals surface area contributed by atoms with Crippen LogP contribution in [0.4, 0.5) is 13.2 Å². The minimum absolute atomic E-state index is 0.0404. The third kappa shape index (κ3) is 5.19. The largest absolute Gasteiger partial charge is 0.451 e. The van der Waals surface area contributed by atoms with Crippen LogP contribution in [0.2, 0.25) is 0 Å². The van der Waals surface area contributed by atoms with Crippen LogP contribution in [0.3, 0.4) is 0 Å². The van der Waals surface area contributed by atoms with Crippen molar-refractivity contribution in [2.45, 2.75) is 19.6 Å². The van der Waals surface area contributed by atoms with E-state index in [1.54, 1.807) is 43.3 Å². The van der Waals surface area contributed by atoms with Gasteiger partial charge in [0.15, 0.2) is 5.76 Å². The van der Waals surface area contributed by atoms with Crippen LogP contribution in [-0.4, -0.2) is 42.3 Å². The number of halogens is 3. The average molecular weight is 444 g/mol. The number of amides is 2. The van der Waals surface area contributed by atoms with Gasteiger partial charge in [-0.05, 0) is 48.9 Å². The van der Waals surface area contributed by atoms with Crippen LogP contribution in [0.15, 0.2) is 65.1 Å². The number of nitrogens with zero attached hydrogens (tertiary/aromatic N) is 2. The molecule has 0 unspecified atom stereocenters. The number of hydrogen-bond acceptors (Lipinski definition) is 3. The first-order chi connectivity index (χ1) is 15.1. The number of carbonyl (C=O) groups is 2. The van der Waals surface area contributed by atoms with Crippen molar-refractivity contribution in [1.82, 2.24) is 9.80 Å². The van der Waals surface area contributed by atoms with Crippen LogP contribution < -0.4 is 0 Å². The predicted molar refractivity (Wildman–Crippen MR) is 114 cm³/mol. The molecule has 1 aromatic heterocycles. The molecule has 0 saturated heterocycles. The molecule has 0 aliphatic rings.